The third kappa shape index (κ3) is 4.60. The van der Waals surface area contributed by atoms with Crippen molar-refractivity contribution in [2.45, 2.75) is 0 Å². The average Bonchev–Trinajstić information content (AvgIpc) is 2.37. The Morgan fingerprint density at radius 3 is 2.89 bits per heavy atom. The quantitative estimate of drug-likeness (QED) is 0.443. The van der Waals surface area contributed by atoms with Crippen LogP contribution < -0.4 is 16.4 Å². The number of anilines is 1. The summed E-state index contributed by atoms with van der Waals surface area (Å²) < 4.78 is 4.81. The lowest BCUT2D eigenvalue weighted by atomic mass is 10.4. The summed E-state index contributed by atoms with van der Waals surface area (Å²) in [4.78, 5) is 19.6. The largest absolute Gasteiger partial charge is 0.388 e. The van der Waals surface area contributed by atoms with Gasteiger partial charge in [0.25, 0.3) is 0 Å². The van der Waals surface area contributed by atoms with Crippen LogP contribution in [0.1, 0.15) is 5.69 Å². The van der Waals surface area contributed by atoms with Crippen LogP contribution in [0.25, 0.3) is 0 Å². The molecule has 0 aromatic carbocycles. The summed E-state index contributed by atoms with van der Waals surface area (Å²) in [6.45, 7) is 0.993. The number of hydrogen-bond acceptors (Lipinski definition) is 6. The number of nitrogens with one attached hydrogen (secondary N) is 2. The van der Waals surface area contributed by atoms with E-state index in [0.717, 1.165) is 0 Å². The van der Waals surface area contributed by atoms with Gasteiger partial charge in [0, 0.05) is 26.0 Å². The van der Waals surface area contributed by atoms with Crippen molar-refractivity contribution < 1.29 is 9.53 Å². The highest BCUT2D eigenvalue weighted by molar-refractivity contribution is 7.80. The van der Waals surface area contributed by atoms with Gasteiger partial charge in [-0.1, -0.05) is 12.2 Å². The van der Waals surface area contributed by atoms with E-state index in [0.29, 0.717) is 24.7 Å². The summed E-state index contributed by atoms with van der Waals surface area (Å²) in [7, 11) is 1.57. The molecule has 0 radical (unpaired) electrons. The minimum atomic E-state index is -0.174. The van der Waals surface area contributed by atoms with E-state index < -0.39 is 0 Å². The molecule has 1 aromatic rings. The first-order valence-electron chi connectivity index (χ1n) is 5.25. The topological polar surface area (TPSA) is 102 Å². The Kier molecular flexibility index (Phi) is 5.95. The van der Waals surface area contributed by atoms with Crippen LogP contribution in [0.4, 0.5) is 5.82 Å². The van der Waals surface area contributed by atoms with Gasteiger partial charge in [-0.15, -0.1) is 0 Å². The van der Waals surface area contributed by atoms with E-state index >= 15 is 0 Å². The summed E-state index contributed by atoms with van der Waals surface area (Å²) in [5.74, 6) is 0.221. The maximum atomic E-state index is 11.4. The fourth-order valence-corrected chi connectivity index (χ4v) is 1.32. The van der Waals surface area contributed by atoms with Crippen LogP contribution in [-0.4, -0.2) is 47.7 Å². The van der Waals surface area contributed by atoms with Crippen LogP contribution in [0.3, 0.4) is 0 Å². The first-order valence-corrected chi connectivity index (χ1v) is 5.66. The highest BCUT2D eigenvalue weighted by Crippen LogP contribution is 2.06. The van der Waals surface area contributed by atoms with Crippen LogP contribution >= 0.6 is 12.2 Å². The molecule has 98 valence electrons. The van der Waals surface area contributed by atoms with E-state index in [1.165, 1.54) is 12.4 Å². The molecular weight excluding hydrogens is 254 g/mol. The van der Waals surface area contributed by atoms with Crippen LogP contribution in [0.2, 0.25) is 0 Å². The summed E-state index contributed by atoms with van der Waals surface area (Å²) in [5.41, 5.74) is 5.86. The predicted octanol–water partition coefficient (Wildman–Crippen LogP) is -0.715. The molecule has 0 unspecified atom stereocenters. The van der Waals surface area contributed by atoms with Crippen molar-refractivity contribution in [1.82, 2.24) is 15.3 Å². The van der Waals surface area contributed by atoms with Crippen LogP contribution in [0.5, 0.6) is 0 Å². The van der Waals surface area contributed by atoms with Gasteiger partial charge in [0.05, 0.1) is 13.2 Å². The number of aromatic nitrogens is 2. The smallest absolute Gasteiger partial charge is 0.239 e. The zero-order chi connectivity index (χ0) is 13.4. The number of amides is 1. The Morgan fingerprint density at radius 1 is 1.50 bits per heavy atom. The van der Waals surface area contributed by atoms with Gasteiger partial charge in [0.15, 0.2) is 5.82 Å². The van der Waals surface area contributed by atoms with E-state index in [4.69, 9.17) is 22.7 Å². The summed E-state index contributed by atoms with van der Waals surface area (Å²) in [6.07, 6.45) is 2.98. The van der Waals surface area contributed by atoms with E-state index in [1.807, 2.05) is 0 Å². The number of carbonyl (C=O) groups is 1. The zero-order valence-electron chi connectivity index (χ0n) is 9.97. The van der Waals surface area contributed by atoms with Crippen molar-refractivity contribution in [2.24, 2.45) is 5.73 Å². The molecule has 4 N–H and O–H groups in total. The molecule has 0 fully saturated rings. The third-order valence-electron chi connectivity index (χ3n) is 1.98. The molecule has 8 heteroatoms. The Hall–Kier alpha value is -1.80. The monoisotopic (exact) mass is 269 g/mol. The van der Waals surface area contributed by atoms with Gasteiger partial charge < -0.3 is 21.1 Å². The van der Waals surface area contributed by atoms with E-state index in [9.17, 15) is 4.79 Å². The minimum absolute atomic E-state index is 0.0675. The molecule has 0 aliphatic heterocycles. The van der Waals surface area contributed by atoms with Gasteiger partial charge in [0.1, 0.15) is 10.7 Å². The molecule has 1 rings (SSSR count). The molecule has 0 atom stereocenters. The molecule has 0 bridgehead atoms. The molecule has 1 heterocycles. The number of methoxy groups -OCH3 is 1. The summed E-state index contributed by atoms with van der Waals surface area (Å²) in [5, 5.41) is 5.49. The first kappa shape index (κ1) is 14.3. The average molecular weight is 269 g/mol. The van der Waals surface area contributed by atoms with Crippen LogP contribution in [0.15, 0.2) is 12.4 Å². The van der Waals surface area contributed by atoms with Gasteiger partial charge in [-0.3, -0.25) is 4.79 Å². The van der Waals surface area contributed by atoms with Gasteiger partial charge in [-0.05, 0) is 0 Å². The molecule has 0 saturated carbocycles. The number of rotatable bonds is 7. The SMILES string of the molecule is COCCNC(=O)CNc1nccnc1C(N)=S. The second-order valence-corrected chi connectivity index (χ2v) is 3.75. The van der Waals surface area contributed by atoms with E-state index in [2.05, 4.69) is 20.6 Å². The van der Waals surface area contributed by atoms with E-state index in [1.54, 1.807) is 7.11 Å². The molecular formula is C10H15N5O2S. The second kappa shape index (κ2) is 7.51. The molecule has 0 saturated heterocycles. The van der Waals surface area contributed by atoms with Crippen molar-refractivity contribution in [2.75, 3.05) is 32.1 Å². The Labute approximate surface area is 110 Å². The van der Waals surface area contributed by atoms with Crippen LogP contribution in [0, 0.1) is 0 Å². The van der Waals surface area contributed by atoms with Crippen molar-refractivity contribution >= 4 is 28.9 Å². The Morgan fingerprint density at radius 2 is 2.22 bits per heavy atom. The first-order chi connectivity index (χ1) is 8.65. The van der Waals surface area contributed by atoms with Gasteiger partial charge in [-0.2, -0.15) is 0 Å². The number of thiocarbonyl (C=S) groups is 1. The normalized spacial score (nSPS) is 9.83. The lowest BCUT2D eigenvalue weighted by Gasteiger charge is -2.09. The molecule has 0 aliphatic rings. The molecule has 1 amide bonds. The fraction of sp³-hybridized carbons (Fsp3) is 0.400. The van der Waals surface area contributed by atoms with Crippen molar-refractivity contribution in [3.05, 3.63) is 18.1 Å². The minimum Gasteiger partial charge on any atom is -0.388 e. The molecule has 0 aliphatic carbocycles. The standard InChI is InChI=1S/C10H15N5O2S/c1-17-5-4-12-7(16)6-15-10-8(9(11)18)13-2-3-14-10/h2-3H,4-6H2,1H3,(H2,11,18)(H,12,16)(H,14,15). The molecule has 7 nitrogen and oxygen atoms in total. The van der Waals surface area contributed by atoms with Crippen molar-refractivity contribution in [3.63, 3.8) is 0 Å². The predicted molar refractivity (Wildman–Crippen MR) is 71.3 cm³/mol. The van der Waals surface area contributed by atoms with Crippen molar-refractivity contribution in [3.8, 4) is 0 Å². The van der Waals surface area contributed by atoms with E-state index in [-0.39, 0.29) is 17.4 Å². The number of nitrogens with two attached hydrogens (primary N) is 1. The number of ether oxygens (including phenoxy) is 1. The second-order valence-electron chi connectivity index (χ2n) is 3.31. The van der Waals surface area contributed by atoms with Gasteiger partial charge in [0.2, 0.25) is 5.91 Å². The van der Waals surface area contributed by atoms with Crippen LogP contribution in [-0.2, 0) is 9.53 Å². The van der Waals surface area contributed by atoms with Gasteiger partial charge >= 0.3 is 0 Å². The highest BCUT2D eigenvalue weighted by Gasteiger charge is 2.08. The number of nitrogens with zero attached hydrogens (tertiary/aromatic N) is 2. The molecule has 1 aromatic heterocycles. The Balaban J connectivity index is 2.48. The number of hydrogen-bond donors (Lipinski definition) is 3. The molecule has 18 heavy (non-hydrogen) atoms. The van der Waals surface area contributed by atoms with Crippen molar-refractivity contribution in [1.29, 1.82) is 0 Å². The highest BCUT2D eigenvalue weighted by atomic mass is 32.1. The fourth-order valence-electron chi connectivity index (χ4n) is 1.17. The zero-order valence-corrected chi connectivity index (χ0v) is 10.8. The Bertz CT molecular complexity index is 426. The lowest BCUT2D eigenvalue weighted by Crippen LogP contribution is -2.33. The lowest BCUT2D eigenvalue weighted by molar-refractivity contribution is -0.119. The molecule has 0 spiro atoms. The maximum Gasteiger partial charge on any atom is 0.239 e. The number of carbonyl (C=O) groups excluding carboxylic acids is 1. The van der Waals surface area contributed by atoms with Gasteiger partial charge in [-0.25, -0.2) is 9.97 Å². The third-order valence-corrected chi connectivity index (χ3v) is 2.17. The summed E-state index contributed by atoms with van der Waals surface area (Å²) >= 11 is 4.83. The summed E-state index contributed by atoms with van der Waals surface area (Å²) in [6, 6.07) is 0. The maximum absolute atomic E-state index is 11.4.